The van der Waals surface area contributed by atoms with E-state index in [-0.39, 0.29) is 12.2 Å². The molecule has 0 aliphatic heterocycles. The third kappa shape index (κ3) is 2.25. The second kappa shape index (κ2) is 3.55. The van der Waals surface area contributed by atoms with Gasteiger partial charge in [-0.2, -0.15) is 0 Å². The van der Waals surface area contributed by atoms with Crippen molar-refractivity contribution in [2.24, 2.45) is 0 Å². The molecule has 0 saturated carbocycles. The minimum Gasteiger partial charge on any atom is -0.494 e. The summed E-state index contributed by atoms with van der Waals surface area (Å²) in [5.41, 5.74) is -0.178. The predicted octanol–water partition coefficient (Wildman–Crippen LogP) is 0.430. The van der Waals surface area contributed by atoms with Gasteiger partial charge in [-0.15, -0.1) is 0 Å². The van der Waals surface area contributed by atoms with Crippen molar-refractivity contribution in [1.29, 1.82) is 0 Å². The normalized spacial score (nSPS) is 9.09. The number of rotatable bonds is 3. The molecule has 0 saturated heterocycles. The molecule has 1 aromatic heterocycles. The van der Waals surface area contributed by atoms with E-state index in [1.165, 1.54) is 18.5 Å². The van der Waals surface area contributed by atoms with Gasteiger partial charge < -0.3 is 9.72 Å². The van der Waals surface area contributed by atoms with Crippen LogP contribution in [0.4, 0.5) is 0 Å². The summed E-state index contributed by atoms with van der Waals surface area (Å²) < 4.78 is 4.81. The van der Waals surface area contributed by atoms with Gasteiger partial charge in [0.2, 0.25) is 0 Å². The van der Waals surface area contributed by atoms with Crippen molar-refractivity contribution in [3.8, 4) is 0 Å². The average Bonchev–Trinajstić information content (AvgIpc) is 2.01. The lowest BCUT2D eigenvalue weighted by atomic mass is 10.6. The zero-order valence-corrected chi connectivity index (χ0v) is 5.91. The van der Waals surface area contributed by atoms with Crippen LogP contribution in [0, 0.1) is 0 Å². The quantitative estimate of drug-likeness (QED) is 0.639. The van der Waals surface area contributed by atoms with E-state index >= 15 is 0 Å². The Kier molecular flexibility index (Phi) is 2.43. The van der Waals surface area contributed by atoms with E-state index < -0.39 is 0 Å². The zero-order valence-electron chi connectivity index (χ0n) is 5.91. The SMILES string of the molecule is C=COCc1nccc(=O)[nH]1. The van der Waals surface area contributed by atoms with Crippen LogP contribution < -0.4 is 5.56 Å². The maximum absolute atomic E-state index is 10.7. The highest BCUT2D eigenvalue weighted by Crippen LogP contribution is 1.87. The highest BCUT2D eigenvalue weighted by Gasteiger charge is 1.91. The summed E-state index contributed by atoms with van der Waals surface area (Å²) in [6, 6.07) is 1.34. The van der Waals surface area contributed by atoms with Crippen molar-refractivity contribution in [3.63, 3.8) is 0 Å². The fourth-order valence-electron chi connectivity index (χ4n) is 0.622. The lowest BCUT2D eigenvalue weighted by Gasteiger charge is -1.97. The molecule has 1 heterocycles. The van der Waals surface area contributed by atoms with Crippen molar-refractivity contribution in [1.82, 2.24) is 9.97 Å². The van der Waals surface area contributed by atoms with Crippen molar-refractivity contribution in [3.05, 3.63) is 41.3 Å². The Morgan fingerprint density at radius 2 is 2.64 bits per heavy atom. The molecule has 1 N–H and O–H groups in total. The molecule has 4 heteroatoms. The van der Waals surface area contributed by atoms with E-state index in [9.17, 15) is 4.79 Å². The summed E-state index contributed by atoms with van der Waals surface area (Å²) in [6.07, 6.45) is 2.73. The third-order valence-electron chi connectivity index (χ3n) is 1.06. The summed E-state index contributed by atoms with van der Waals surface area (Å²) in [7, 11) is 0. The van der Waals surface area contributed by atoms with Gasteiger partial charge in [-0.05, 0) is 0 Å². The summed E-state index contributed by atoms with van der Waals surface area (Å²) in [5.74, 6) is 0.498. The van der Waals surface area contributed by atoms with Crippen molar-refractivity contribution < 1.29 is 4.74 Å². The molecule has 1 aromatic rings. The van der Waals surface area contributed by atoms with E-state index in [0.717, 1.165) is 0 Å². The van der Waals surface area contributed by atoms with Crippen molar-refractivity contribution in [2.45, 2.75) is 6.61 Å². The molecule has 11 heavy (non-hydrogen) atoms. The van der Waals surface area contributed by atoms with Gasteiger partial charge in [-0.25, -0.2) is 4.98 Å². The van der Waals surface area contributed by atoms with Crippen LogP contribution in [0.2, 0.25) is 0 Å². The molecule has 0 unspecified atom stereocenters. The van der Waals surface area contributed by atoms with Gasteiger partial charge in [0, 0.05) is 12.3 Å². The third-order valence-corrected chi connectivity index (χ3v) is 1.06. The molecule has 0 aliphatic rings. The Labute approximate surface area is 63.6 Å². The number of aromatic nitrogens is 2. The van der Waals surface area contributed by atoms with E-state index in [2.05, 4.69) is 16.5 Å². The molecule has 0 atom stereocenters. The fraction of sp³-hybridized carbons (Fsp3) is 0.143. The van der Waals surface area contributed by atoms with Crippen LogP contribution in [-0.4, -0.2) is 9.97 Å². The van der Waals surface area contributed by atoms with Crippen molar-refractivity contribution in [2.75, 3.05) is 0 Å². The van der Waals surface area contributed by atoms with Gasteiger partial charge >= 0.3 is 0 Å². The first kappa shape index (κ1) is 7.53. The number of aromatic amines is 1. The van der Waals surface area contributed by atoms with Crippen LogP contribution in [-0.2, 0) is 11.3 Å². The minimum atomic E-state index is -0.178. The molecule has 0 radical (unpaired) electrons. The van der Waals surface area contributed by atoms with Crippen LogP contribution in [0.3, 0.4) is 0 Å². The smallest absolute Gasteiger partial charge is 0.250 e. The first-order chi connectivity index (χ1) is 5.33. The number of ether oxygens (including phenoxy) is 1. The predicted molar refractivity (Wildman–Crippen MR) is 39.8 cm³/mol. The largest absolute Gasteiger partial charge is 0.494 e. The van der Waals surface area contributed by atoms with Gasteiger partial charge in [0.05, 0.1) is 6.26 Å². The van der Waals surface area contributed by atoms with E-state index in [1.807, 2.05) is 0 Å². The van der Waals surface area contributed by atoms with Crippen LogP contribution in [0.15, 0.2) is 29.9 Å². The monoisotopic (exact) mass is 152 g/mol. The molecule has 0 bridgehead atoms. The number of H-pyrrole nitrogens is 1. The number of nitrogens with zero attached hydrogens (tertiary/aromatic N) is 1. The second-order valence-corrected chi connectivity index (χ2v) is 1.86. The van der Waals surface area contributed by atoms with Crippen LogP contribution in [0.5, 0.6) is 0 Å². The Balaban J connectivity index is 2.71. The first-order valence-electron chi connectivity index (χ1n) is 3.09. The molecule has 0 aromatic carbocycles. The van der Waals surface area contributed by atoms with Gasteiger partial charge in [-0.3, -0.25) is 4.79 Å². The zero-order chi connectivity index (χ0) is 8.10. The summed E-state index contributed by atoms with van der Waals surface area (Å²) >= 11 is 0. The second-order valence-electron chi connectivity index (χ2n) is 1.86. The molecule has 0 aliphatic carbocycles. The standard InChI is InChI=1S/C7H8N2O2/c1-2-11-5-6-8-4-3-7(10)9-6/h2-4H,1,5H2,(H,8,9,10). The van der Waals surface area contributed by atoms with Gasteiger partial charge in [-0.1, -0.05) is 6.58 Å². The molecular formula is C7H8N2O2. The van der Waals surface area contributed by atoms with E-state index in [0.29, 0.717) is 5.82 Å². The van der Waals surface area contributed by atoms with Gasteiger partial charge in [0.25, 0.3) is 5.56 Å². The topological polar surface area (TPSA) is 55.0 Å². The van der Waals surface area contributed by atoms with Crippen molar-refractivity contribution >= 4 is 0 Å². The highest BCUT2D eigenvalue weighted by molar-refractivity contribution is 4.87. The Morgan fingerprint density at radius 3 is 3.27 bits per heavy atom. The van der Waals surface area contributed by atoms with Crippen LogP contribution in [0.25, 0.3) is 0 Å². The molecule has 0 spiro atoms. The first-order valence-corrected chi connectivity index (χ1v) is 3.09. The van der Waals surface area contributed by atoms with Gasteiger partial charge in [0.15, 0.2) is 0 Å². The van der Waals surface area contributed by atoms with Gasteiger partial charge in [0.1, 0.15) is 12.4 Å². The van der Waals surface area contributed by atoms with Crippen LogP contribution in [0.1, 0.15) is 5.82 Å². The highest BCUT2D eigenvalue weighted by atomic mass is 16.5. The maximum Gasteiger partial charge on any atom is 0.250 e. The summed E-state index contributed by atoms with van der Waals surface area (Å²) in [5, 5.41) is 0. The fourth-order valence-corrected chi connectivity index (χ4v) is 0.622. The molecule has 1 rings (SSSR count). The minimum absolute atomic E-state index is 0.178. The number of hydrogen-bond donors (Lipinski definition) is 1. The van der Waals surface area contributed by atoms with Crippen LogP contribution >= 0.6 is 0 Å². The average molecular weight is 152 g/mol. The number of hydrogen-bond acceptors (Lipinski definition) is 3. The van der Waals surface area contributed by atoms with E-state index in [4.69, 9.17) is 4.74 Å². The lowest BCUT2D eigenvalue weighted by molar-refractivity contribution is 0.229. The molecule has 0 fully saturated rings. The maximum atomic E-state index is 10.7. The lowest BCUT2D eigenvalue weighted by Crippen LogP contribution is -2.08. The Hall–Kier alpha value is -1.58. The van der Waals surface area contributed by atoms with E-state index in [1.54, 1.807) is 0 Å². The molecule has 58 valence electrons. The molecule has 4 nitrogen and oxygen atoms in total. The molecular weight excluding hydrogens is 144 g/mol. The number of nitrogens with one attached hydrogen (secondary N) is 1. The summed E-state index contributed by atoms with van der Waals surface area (Å²) in [4.78, 5) is 17.0. The Morgan fingerprint density at radius 1 is 1.82 bits per heavy atom. The Bertz CT molecular complexity index is 292. The summed E-state index contributed by atoms with van der Waals surface area (Å²) in [6.45, 7) is 3.61. The molecule has 0 amide bonds.